The summed E-state index contributed by atoms with van der Waals surface area (Å²) in [5, 5.41) is 2.01. The molecule has 32 heavy (non-hydrogen) atoms. The fourth-order valence-electron chi connectivity index (χ4n) is 3.49. The van der Waals surface area contributed by atoms with Gasteiger partial charge in [0.05, 0.1) is 19.5 Å². The molecule has 168 valence electrons. The zero-order valence-corrected chi connectivity index (χ0v) is 19.4. The summed E-state index contributed by atoms with van der Waals surface area (Å²) in [6.45, 7) is 5.42. The monoisotopic (exact) mass is 452 g/mol. The summed E-state index contributed by atoms with van der Waals surface area (Å²) >= 11 is 1.61. The van der Waals surface area contributed by atoms with Crippen LogP contribution in [0, 0.1) is 12.7 Å². The summed E-state index contributed by atoms with van der Waals surface area (Å²) in [7, 11) is 0. The number of aryl methyl sites for hydroxylation is 1. The Morgan fingerprint density at radius 3 is 2.22 bits per heavy atom. The average molecular weight is 453 g/mol. The smallest absolute Gasteiger partial charge is 0.242 e. The van der Waals surface area contributed by atoms with Crippen molar-refractivity contribution in [3.63, 3.8) is 0 Å². The van der Waals surface area contributed by atoms with Crippen molar-refractivity contribution < 1.29 is 14.0 Å². The largest absolute Gasteiger partial charge is 0.333 e. The Morgan fingerprint density at radius 1 is 0.875 bits per heavy atom. The molecular weight excluding hydrogens is 423 g/mol. The maximum Gasteiger partial charge on any atom is 0.242 e. The number of carbonyl (C=O) groups is 2. The van der Waals surface area contributed by atoms with E-state index in [1.807, 2.05) is 55.6 Å². The Balaban J connectivity index is 1.75. The van der Waals surface area contributed by atoms with Gasteiger partial charge < -0.3 is 9.80 Å². The van der Waals surface area contributed by atoms with Gasteiger partial charge in [-0.3, -0.25) is 9.59 Å². The molecule has 1 heterocycles. The standard InChI is InChI=1S/C26H29FN2O2S/c1-3-14-28(25(30)16-21-7-5-4-6-8-21)19-26(31)29(18-24-20(2)13-15-32-24)17-22-9-11-23(27)12-10-22/h4-13,15H,3,14,16-19H2,1-2H3. The Labute approximate surface area is 193 Å². The van der Waals surface area contributed by atoms with Gasteiger partial charge >= 0.3 is 0 Å². The number of nitrogens with zero attached hydrogens (tertiary/aromatic N) is 2. The zero-order valence-electron chi connectivity index (χ0n) is 18.6. The summed E-state index contributed by atoms with van der Waals surface area (Å²) in [4.78, 5) is 30.8. The quantitative estimate of drug-likeness (QED) is 0.424. The van der Waals surface area contributed by atoms with Crippen LogP contribution < -0.4 is 0 Å². The molecule has 1 aromatic heterocycles. The van der Waals surface area contributed by atoms with Gasteiger partial charge in [-0.1, -0.05) is 49.4 Å². The molecule has 6 heteroatoms. The highest BCUT2D eigenvalue weighted by molar-refractivity contribution is 7.10. The molecule has 0 aliphatic carbocycles. The third kappa shape index (κ3) is 6.76. The Bertz CT molecular complexity index is 1020. The lowest BCUT2D eigenvalue weighted by Gasteiger charge is -2.28. The normalized spacial score (nSPS) is 10.7. The summed E-state index contributed by atoms with van der Waals surface area (Å²) in [6.07, 6.45) is 1.05. The Hall–Kier alpha value is -2.99. The highest BCUT2D eigenvalue weighted by Crippen LogP contribution is 2.20. The summed E-state index contributed by atoms with van der Waals surface area (Å²) < 4.78 is 13.3. The van der Waals surface area contributed by atoms with E-state index in [1.165, 1.54) is 12.1 Å². The van der Waals surface area contributed by atoms with Gasteiger partial charge in [0, 0.05) is 18.0 Å². The number of rotatable bonds is 10. The first-order valence-corrected chi connectivity index (χ1v) is 11.7. The molecule has 3 aromatic rings. The maximum atomic E-state index is 13.4. The van der Waals surface area contributed by atoms with E-state index in [-0.39, 0.29) is 30.6 Å². The molecule has 0 saturated heterocycles. The third-order valence-corrected chi connectivity index (χ3v) is 6.32. The molecule has 0 fully saturated rings. The van der Waals surface area contributed by atoms with E-state index in [9.17, 15) is 14.0 Å². The fraction of sp³-hybridized carbons (Fsp3) is 0.308. The SMILES string of the molecule is CCCN(CC(=O)N(Cc1ccc(F)cc1)Cc1sccc1C)C(=O)Cc1ccccc1. The van der Waals surface area contributed by atoms with Gasteiger partial charge in [-0.05, 0) is 53.6 Å². The van der Waals surface area contributed by atoms with E-state index in [0.29, 0.717) is 19.6 Å². The van der Waals surface area contributed by atoms with Crippen molar-refractivity contribution in [2.45, 2.75) is 39.8 Å². The van der Waals surface area contributed by atoms with E-state index in [2.05, 4.69) is 0 Å². The maximum absolute atomic E-state index is 13.4. The molecule has 0 aliphatic rings. The summed E-state index contributed by atoms with van der Waals surface area (Å²) in [6, 6.07) is 17.8. The van der Waals surface area contributed by atoms with E-state index < -0.39 is 0 Å². The fourth-order valence-corrected chi connectivity index (χ4v) is 4.41. The van der Waals surface area contributed by atoms with E-state index in [4.69, 9.17) is 0 Å². The van der Waals surface area contributed by atoms with Crippen LogP contribution in [0.3, 0.4) is 0 Å². The van der Waals surface area contributed by atoms with E-state index in [1.54, 1.807) is 33.3 Å². The third-order valence-electron chi connectivity index (χ3n) is 5.31. The highest BCUT2D eigenvalue weighted by Gasteiger charge is 2.22. The van der Waals surface area contributed by atoms with Crippen LogP contribution in [0.25, 0.3) is 0 Å². The van der Waals surface area contributed by atoms with Gasteiger partial charge in [-0.25, -0.2) is 4.39 Å². The first-order chi connectivity index (χ1) is 15.5. The first kappa shape index (κ1) is 23.7. The van der Waals surface area contributed by atoms with Crippen LogP contribution in [0.2, 0.25) is 0 Å². The molecule has 2 amide bonds. The van der Waals surface area contributed by atoms with Gasteiger partial charge in [-0.2, -0.15) is 0 Å². The molecule has 3 rings (SSSR count). The molecule has 2 aromatic carbocycles. The molecule has 0 radical (unpaired) electrons. The van der Waals surface area contributed by atoms with Crippen molar-refractivity contribution in [3.05, 3.63) is 93.4 Å². The number of carbonyl (C=O) groups excluding carboxylic acids is 2. The van der Waals surface area contributed by atoms with Crippen LogP contribution in [0.4, 0.5) is 4.39 Å². The Morgan fingerprint density at radius 2 is 1.59 bits per heavy atom. The first-order valence-electron chi connectivity index (χ1n) is 10.8. The van der Waals surface area contributed by atoms with Gasteiger partial charge in [0.25, 0.3) is 0 Å². The molecule has 0 N–H and O–H groups in total. The average Bonchev–Trinajstić information content (AvgIpc) is 3.19. The van der Waals surface area contributed by atoms with Crippen LogP contribution >= 0.6 is 11.3 Å². The number of benzene rings is 2. The molecule has 0 spiro atoms. The van der Waals surface area contributed by atoms with E-state index in [0.717, 1.165) is 28.0 Å². The molecule has 0 saturated carbocycles. The molecular formula is C26H29FN2O2S. The van der Waals surface area contributed by atoms with Crippen LogP contribution in [-0.2, 0) is 29.1 Å². The minimum absolute atomic E-state index is 0.0329. The van der Waals surface area contributed by atoms with Gasteiger partial charge in [-0.15, -0.1) is 11.3 Å². The van der Waals surface area contributed by atoms with Crippen LogP contribution in [0.15, 0.2) is 66.0 Å². The van der Waals surface area contributed by atoms with Crippen molar-refractivity contribution in [1.82, 2.24) is 9.80 Å². The van der Waals surface area contributed by atoms with Crippen LogP contribution in [0.5, 0.6) is 0 Å². The number of halogens is 1. The second-order valence-electron chi connectivity index (χ2n) is 7.88. The number of amides is 2. The highest BCUT2D eigenvalue weighted by atomic mass is 32.1. The molecule has 0 aliphatic heterocycles. The molecule has 0 atom stereocenters. The lowest BCUT2D eigenvalue weighted by Crippen LogP contribution is -2.43. The van der Waals surface area contributed by atoms with Crippen molar-refractivity contribution in [1.29, 1.82) is 0 Å². The van der Waals surface area contributed by atoms with Crippen molar-refractivity contribution in [2.75, 3.05) is 13.1 Å². The summed E-state index contributed by atoms with van der Waals surface area (Å²) in [5.41, 5.74) is 2.92. The van der Waals surface area contributed by atoms with Gasteiger partial charge in [0.2, 0.25) is 11.8 Å². The predicted octanol–water partition coefficient (Wildman–Crippen LogP) is 5.21. The van der Waals surface area contributed by atoms with Crippen molar-refractivity contribution >= 4 is 23.2 Å². The molecule has 0 unspecified atom stereocenters. The second kappa shape index (κ2) is 11.6. The number of thiophene rings is 1. The summed E-state index contributed by atoms with van der Waals surface area (Å²) in [5.74, 6) is -0.473. The van der Waals surface area contributed by atoms with Crippen LogP contribution in [0.1, 0.15) is 34.9 Å². The van der Waals surface area contributed by atoms with Crippen molar-refractivity contribution in [3.8, 4) is 0 Å². The zero-order chi connectivity index (χ0) is 22.9. The molecule has 4 nitrogen and oxygen atoms in total. The topological polar surface area (TPSA) is 40.6 Å². The Kier molecular flexibility index (Phi) is 8.56. The number of hydrogen-bond donors (Lipinski definition) is 0. The molecule has 0 bridgehead atoms. The second-order valence-corrected chi connectivity index (χ2v) is 8.88. The van der Waals surface area contributed by atoms with Gasteiger partial charge in [0.15, 0.2) is 0 Å². The minimum atomic E-state index is -0.304. The van der Waals surface area contributed by atoms with Crippen molar-refractivity contribution in [2.24, 2.45) is 0 Å². The minimum Gasteiger partial charge on any atom is -0.333 e. The van der Waals surface area contributed by atoms with E-state index >= 15 is 0 Å². The van der Waals surface area contributed by atoms with Crippen LogP contribution in [-0.4, -0.2) is 34.7 Å². The predicted molar refractivity (Wildman–Crippen MR) is 127 cm³/mol. The number of hydrogen-bond acceptors (Lipinski definition) is 3. The lowest BCUT2D eigenvalue weighted by atomic mass is 10.1. The lowest BCUT2D eigenvalue weighted by molar-refractivity contribution is -0.141. The van der Waals surface area contributed by atoms with Gasteiger partial charge in [0.1, 0.15) is 5.82 Å².